The van der Waals surface area contributed by atoms with Gasteiger partial charge in [-0.25, -0.2) is 0 Å². The average Bonchev–Trinajstić information content (AvgIpc) is 3.23. The van der Waals surface area contributed by atoms with Crippen LogP contribution in [0, 0.1) is 13.8 Å². The second kappa shape index (κ2) is 10.9. The van der Waals surface area contributed by atoms with Crippen LogP contribution in [0.1, 0.15) is 17.0 Å². The van der Waals surface area contributed by atoms with Gasteiger partial charge in [0.2, 0.25) is 5.91 Å². The number of hydrogen-bond donors (Lipinski definition) is 1. The summed E-state index contributed by atoms with van der Waals surface area (Å²) >= 11 is 9.24. The van der Waals surface area contributed by atoms with Gasteiger partial charge in [-0.3, -0.25) is 9.36 Å². The number of aromatic nitrogens is 3. The van der Waals surface area contributed by atoms with Gasteiger partial charge in [-0.1, -0.05) is 59.8 Å². The fraction of sp³-hybridized carbons (Fsp3) is 0.160. The van der Waals surface area contributed by atoms with E-state index in [2.05, 4.69) is 46.7 Å². The smallest absolute Gasteiger partial charge is 0.234 e. The minimum absolute atomic E-state index is 0.121. The summed E-state index contributed by atoms with van der Waals surface area (Å²) in [6.45, 7) is 3.94. The van der Waals surface area contributed by atoms with Crippen LogP contribution in [0.15, 0.2) is 82.8 Å². The Morgan fingerprint density at radius 2 is 1.76 bits per heavy atom. The maximum Gasteiger partial charge on any atom is 0.234 e. The Hall–Kier alpha value is -2.74. The summed E-state index contributed by atoms with van der Waals surface area (Å²) in [6, 6.07) is 23.9. The predicted molar refractivity (Wildman–Crippen MR) is 138 cm³/mol. The Labute approximate surface area is 207 Å². The number of hydrogen-bond acceptors (Lipinski definition) is 5. The zero-order valence-corrected chi connectivity index (χ0v) is 20.7. The molecule has 0 bridgehead atoms. The van der Waals surface area contributed by atoms with Crippen molar-refractivity contribution >= 4 is 46.7 Å². The van der Waals surface area contributed by atoms with Crippen molar-refractivity contribution in [3.05, 3.63) is 94.8 Å². The van der Waals surface area contributed by atoms with Gasteiger partial charge in [0, 0.05) is 21.3 Å². The second-order valence-electron chi connectivity index (χ2n) is 7.42. The first-order valence-corrected chi connectivity index (χ1v) is 12.7. The average molecular weight is 495 g/mol. The van der Waals surface area contributed by atoms with Crippen LogP contribution < -0.4 is 5.32 Å². The van der Waals surface area contributed by atoms with E-state index in [-0.39, 0.29) is 11.7 Å². The topological polar surface area (TPSA) is 59.8 Å². The third-order valence-corrected chi connectivity index (χ3v) is 7.29. The largest absolute Gasteiger partial charge is 0.325 e. The van der Waals surface area contributed by atoms with Gasteiger partial charge in [0.25, 0.3) is 0 Å². The lowest BCUT2D eigenvalue weighted by Gasteiger charge is -2.12. The summed E-state index contributed by atoms with van der Waals surface area (Å²) in [6.07, 6.45) is 0. The van der Waals surface area contributed by atoms with Crippen LogP contribution in [-0.4, -0.2) is 26.4 Å². The summed E-state index contributed by atoms with van der Waals surface area (Å²) < 4.78 is 2.03. The van der Waals surface area contributed by atoms with E-state index in [1.54, 1.807) is 17.8 Å². The molecule has 1 amide bonds. The molecule has 5 nitrogen and oxygen atoms in total. The lowest BCUT2D eigenvalue weighted by atomic mass is 10.2. The van der Waals surface area contributed by atoms with Gasteiger partial charge in [0.15, 0.2) is 5.16 Å². The van der Waals surface area contributed by atoms with E-state index in [1.165, 1.54) is 16.7 Å². The molecule has 0 fully saturated rings. The lowest BCUT2D eigenvalue weighted by molar-refractivity contribution is -0.113. The third-order valence-electron chi connectivity index (χ3n) is 4.95. The summed E-state index contributed by atoms with van der Waals surface area (Å²) in [5.74, 6) is 1.59. The SMILES string of the molecule is Cc1cccc(-n2c(CSc3ccccc3)nnc2SCC(=O)Nc2cccc(Cl)c2C)c1. The zero-order valence-electron chi connectivity index (χ0n) is 18.3. The first kappa shape index (κ1) is 23.4. The number of nitrogens with one attached hydrogen (secondary N) is 1. The molecule has 33 heavy (non-hydrogen) atoms. The van der Waals surface area contributed by atoms with Crippen molar-refractivity contribution in [2.24, 2.45) is 0 Å². The van der Waals surface area contributed by atoms with Crippen molar-refractivity contribution < 1.29 is 4.79 Å². The fourth-order valence-corrected chi connectivity index (χ4v) is 5.02. The Bertz CT molecular complexity index is 1260. The molecule has 1 aromatic heterocycles. The number of nitrogens with zero attached hydrogens (tertiary/aromatic N) is 3. The molecule has 0 atom stereocenters. The molecule has 0 unspecified atom stereocenters. The van der Waals surface area contributed by atoms with E-state index >= 15 is 0 Å². The molecule has 168 valence electrons. The van der Waals surface area contributed by atoms with Crippen molar-refractivity contribution in [1.82, 2.24) is 14.8 Å². The highest BCUT2D eigenvalue weighted by Gasteiger charge is 2.17. The molecule has 3 aromatic carbocycles. The molecule has 0 aliphatic heterocycles. The van der Waals surface area contributed by atoms with Gasteiger partial charge in [-0.15, -0.1) is 22.0 Å². The summed E-state index contributed by atoms with van der Waals surface area (Å²) in [7, 11) is 0. The van der Waals surface area contributed by atoms with Crippen molar-refractivity contribution in [3.8, 4) is 5.69 Å². The molecule has 8 heteroatoms. The zero-order chi connectivity index (χ0) is 23.2. The van der Waals surface area contributed by atoms with Crippen LogP contribution in [0.25, 0.3) is 5.69 Å². The predicted octanol–water partition coefficient (Wildman–Crippen LogP) is 6.56. The van der Waals surface area contributed by atoms with Crippen molar-refractivity contribution in [2.45, 2.75) is 29.7 Å². The van der Waals surface area contributed by atoms with Crippen LogP contribution >= 0.6 is 35.1 Å². The fourth-order valence-electron chi connectivity index (χ4n) is 3.24. The normalized spacial score (nSPS) is 10.9. The standard InChI is InChI=1S/C25H23ClN4OS2/c1-17-8-6-9-19(14-17)30-23(15-32-20-10-4-3-5-11-20)28-29-25(30)33-16-24(31)27-22-13-7-12-21(26)18(22)2/h3-14H,15-16H2,1-2H3,(H,27,31). The highest BCUT2D eigenvalue weighted by Crippen LogP contribution is 2.28. The summed E-state index contributed by atoms with van der Waals surface area (Å²) in [4.78, 5) is 13.8. The molecule has 0 spiro atoms. The Balaban J connectivity index is 1.52. The van der Waals surface area contributed by atoms with Crippen LogP contribution in [0.2, 0.25) is 5.02 Å². The number of amides is 1. The van der Waals surface area contributed by atoms with Crippen molar-refractivity contribution in [2.75, 3.05) is 11.1 Å². The molecule has 0 aliphatic carbocycles. The summed E-state index contributed by atoms with van der Waals surface area (Å²) in [5, 5.41) is 13.1. The maximum atomic E-state index is 12.6. The number of halogens is 1. The Morgan fingerprint density at radius 1 is 0.970 bits per heavy atom. The quantitative estimate of drug-likeness (QED) is 0.281. The number of anilines is 1. The number of carbonyl (C=O) groups is 1. The molecule has 4 rings (SSSR count). The van der Waals surface area contributed by atoms with Gasteiger partial charge >= 0.3 is 0 Å². The van der Waals surface area contributed by atoms with Crippen molar-refractivity contribution in [3.63, 3.8) is 0 Å². The van der Waals surface area contributed by atoms with E-state index in [0.717, 1.165) is 22.6 Å². The monoisotopic (exact) mass is 494 g/mol. The van der Waals surface area contributed by atoms with Gasteiger partial charge in [0.1, 0.15) is 5.82 Å². The van der Waals surface area contributed by atoms with Crippen molar-refractivity contribution in [1.29, 1.82) is 0 Å². The van der Waals surface area contributed by atoms with Crippen LogP contribution in [0.3, 0.4) is 0 Å². The Kier molecular flexibility index (Phi) is 7.75. The van der Waals surface area contributed by atoms with E-state index in [4.69, 9.17) is 11.6 Å². The van der Waals surface area contributed by atoms with Crippen LogP contribution in [-0.2, 0) is 10.5 Å². The first-order valence-electron chi connectivity index (χ1n) is 10.4. The third kappa shape index (κ3) is 5.99. The molecule has 0 saturated heterocycles. The highest BCUT2D eigenvalue weighted by atomic mass is 35.5. The van der Waals surface area contributed by atoms with Gasteiger partial charge in [-0.05, 0) is 61.4 Å². The lowest BCUT2D eigenvalue weighted by Crippen LogP contribution is -2.15. The molecular formula is C25H23ClN4OS2. The van der Waals surface area contributed by atoms with E-state index in [1.807, 2.05) is 54.0 Å². The molecule has 0 radical (unpaired) electrons. The number of benzene rings is 3. The molecule has 0 saturated carbocycles. The van der Waals surface area contributed by atoms with Gasteiger partial charge in [0.05, 0.1) is 11.5 Å². The van der Waals surface area contributed by atoms with Crippen LogP contribution in [0.5, 0.6) is 0 Å². The number of rotatable bonds is 8. The van der Waals surface area contributed by atoms with E-state index in [0.29, 0.717) is 21.6 Å². The summed E-state index contributed by atoms with van der Waals surface area (Å²) in [5.41, 5.74) is 3.69. The van der Waals surface area contributed by atoms with Gasteiger partial charge in [-0.2, -0.15) is 0 Å². The molecule has 0 aliphatic rings. The van der Waals surface area contributed by atoms with Gasteiger partial charge < -0.3 is 5.32 Å². The molecule has 1 heterocycles. The second-order valence-corrected chi connectivity index (χ2v) is 9.82. The maximum absolute atomic E-state index is 12.6. The number of thioether (sulfide) groups is 2. The van der Waals surface area contributed by atoms with E-state index in [9.17, 15) is 4.79 Å². The molecular weight excluding hydrogens is 472 g/mol. The minimum atomic E-state index is -0.121. The first-order chi connectivity index (χ1) is 16.0. The minimum Gasteiger partial charge on any atom is -0.325 e. The van der Waals surface area contributed by atoms with Crippen LogP contribution in [0.4, 0.5) is 5.69 Å². The van der Waals surface area contributed by atoms with E-state index < -0.39 is 0 Å². The molecule has 1 N–H and O–H groups in total. The molecule has 4 aromatic rings. The highest BCUT2D eigenvalue weighted by molar-refractivity contribution is 7.99. The number of aryl methyl sites for hydroxylation is 1. The Morgan fingerprint density at radius 3 is 2.55 bits per heavy atom. The number of carbonyl (C=O) groups excluding carboxylic acids is 1.